The number of aryl methyl sites for hydroxylation is 1. The number of hydrogen-bond donors (Lipinski definition) is 6. The van der Waals surface area contributed by atoms with Crippen LogP contribution in [0.3, 0.4) is 0 Å². The summed E-state index contributed by atoms with van der Waals surface area (Å²) in [6, 6.07) is 45.4. The van der Waals surface area contributed by atoms with Crippen LogP contribution in [0.2, 0.25) is 0 Å². The third kappa shape index (κ3) is 7.32. The number of methoxy groups -OCH3 is 3. The molecule has 6 aromatic heterocycles. The number of aromatic nitrogens is 6. The van der Waals surface area contributed by atoms with E-state index < -0.39 is 59.0 Å². The predicted molar refractivity (Wildman–Crippen MR) is 416 cm³/mol. The zero-order chi connectivity index (χ0) is 73.8. The molecule has 3 fully saturated rings. The van der Waals surface area contributed by atoms with Crippen molar-refractivity contribution in [1.82, 2.24) is 43.4 Å². The molecule has 10 unspecified atom stereocenters. The summed E-state index contributed by atoms with van der Waals surface area (Å²) < 4.78 is 51.3. The topological polar surface area (TPSA) is 250 Å². The predicted octanol–water partition coefficient (Wildman–Crippen LogP) is 13.1. The number of carbonyl (C=O) groups is 4. The Bertz CT molecular complexity index is 6830. The Morgan fingerprint density at radius 3 is 1.40 bits per heavy atom. The van der Waals surface area contributed by atoms with Crippen LogP contribution < -0.4 is 16.0 Å². The van der Waals surface area contributed by atoms with Crippen molar-refractivity contribution >= 4 is 171 Å². The molecule has 23 heteroatoms. The first-order valence-electron chi connectivity index (χ1n) is 36.7. The van der Waals surface area contributed by atoms with E-state index in [4.69, 9.17) is 28.4 Å². The lowest BCUT2D eigenvalue weighted by Gasteiger charge is -2.41. The summed E-state index contributed by atoms with van der Waals surface area (Å²) in [5, 5.41) is 54.1. The Labute approximate surface area is 617 Å². The van der Waals surface area contributed by atoms with Gasteiger partial charge in [-0.2, -0.15) is 10.5 Å². The Balaban J connectivity index is 0.000000101. The number of fused-ring (bicyclic) bond motifs is 39. The fourth-order valence-electron chi connectivity index (χ4n) is 21.7. The molecule has 6 bridgehead atoms. The Morgan fingerprint density at radius 1 is 0.500 bits per heavy atom. The van der Waals surface area contributed by atoms with E-state index in [0.29, 0.717) is 26.1 Å². The third-order valence-electron chi connectivity index (χ3n) is 26.3. The number of esters is 1. The number of nitrogens with one attached hydrogen (secondary N) is 3. The smallest absolute Gasteiger partial charge is 0.343 e. The maximum Gasteiger partial charge on any atom is 0.343 e. The highest BCUT2D eigenvalue weighted by Gasteiger charge is 2.68. The minimum absolute atomic E-state index is 0.0280. The van der Waals surface area contributed by atoms with Crippen molar-refractivity contribution < 1.29 is 62.9 Å². The first-order valence-corrected chi connectivity index (χ1v) is 38.7. The maximum atomic E-state index is 13.7. The number of hydrogen-bond acceptors (Lipinski definition) is 13. The number of para-hydroxylation sites is 4. The van der Waals surface area contributed by atoms with Gasteiger partial charge in [-0.05, 0) is 105 Å². The molecule has 24 rings (SSSR count). The fraction of sp³-hybridized carbons (Fsp3) is 0.306. The van der Waals surface area contributed by atoms with Gasteiger partial charge in [0.25, 0.3) is 17.7 Å². The molecule has 9 aromatic carbocycles. The molecule has 3 saturated heterocycles. The lowest BCUT2D eigenvalue weighted by atomic mass is 9.88. The average Bonchev–Trinajstić information content (AvgIpc) is 1.50. The van der Waals surface area contributed by atoms with Crippen LogP contribution in [0.5, 0.6) is 0 Å². The number of aliphatic hydroxyl groups excluding tert-OH is 2. The third-order valence-corrected chi connectivity index (χ3v) is 27.1. The van der Waals surface area contributed by atoms with Crippen LogP contribution in [0.15, 0.2) is 133 Å². The van der Waals surface area contributed by atoms with Crippen molar-refractivity contribution in [2.75, 3.05) is 40.8 Å². The molecule has 108 heavy (non-hydrogen) atoms. The molecule has 9 aliphatic heterocycles. The van der Waals surface area contributed by atoms with Gasteiger partial charge in [0.15, 0.2) is 17.2 Å². The van der Waals surface area contributed by atoms with Gasteiger partial charge in [0.2, 0.25) is 5.60 Å². The molecule has 10 atom stereocenters. The van der Waals surface area contributed by atoms with E-state index in [2.05, 4.69) is 129 Å². The maximum absolute atomic E-state index is 13.7. The zero-order valence-corrected chi connectivity index (χ0v) is 61.3. The van der Waals surface area contributed by atoms with E-state index >= 15 is 0 Å². The lowest BCUT2D eigenvalue weighted by Crippen LogP contribution is -2.57. The van der Waals surface area contributed by atoms with Crippen molar-refractivity contribution in [2.24, 2.45) is 0 Å². The molecular weight excluding hydrogens is 1390 g/mol. The van der Waals surface area contributed by atoms with Crippen molar-refractivity contribution in [2.45, 2.75) is 125 Å². The number of aliphatic hydroxyl groups is 3. The second kappa shape index (κ2) is 21.3. The van der Waals surface area contributed by atoms with Crippen LogP contribution in [0, 0.1) is 6.92 Å². The zero-order valence-electron chi connectivity index (χ0n) is 60.5. The van der Waals surface area contributed by atoms with Crippen LogP contribution in [0.1, 0.15) is 118 Å². The Morgan fingerprint density at radius 2 is 0.907 bits per heavy atom. The molecule has 544 valence electrons. The Kier molecular flexibility index (Phi) is 12.8. The summed E-state index contributed by atoms with van der Waals surface area (Å²) in [4.78, 5) is 53.7. The second-order valence-electron chi connectivity index (χ2n) is 31.3. The van der Waals surface area contributed by atoms with Crippen LogP contribution in [0.25, 0.3) is 131 Å². The average molecular weight is 1460 g/mol. The molecule has 0 spiro atoms. The molecule has 6 N–H and O–H groups in total. The number of rotatable bonds is 7. The molecule has 15 aromatic rings. The van der Waals surface area contributed by atoms with Gasteiger partial charge in [-0.3, -0.25) is 14.4 Å². The summed E-state index contributed by atoms with van der Waals surface area (Å²) in [6.45, 7) is 8.67. The number of carbonyl (C=O) groups excluding carboxylic acids is 4. The largest absolute Gasteiger partial charge is 0.467 e. The van der Waals surface area contributed by atoms with Gasteiger partial charge in [0.1, 0.15) is 29.9 Å². The van der Waals surface area contributed by atoms with Crippen molar-refractivity contribution in [1.29, 1.82) is 0 Å². The highest BCUT2D eigenvalue weighted by molar-refractivity contribution is 8.12. The van der Waals surface area contributed by atoms with E-state index in [1.165, 1.54) is 12.7 Å². The monoisotopic (exact) mass is 1460 g/mol. The van der Waals surface area contributed by atoms with Gasteiger partial charge in [0, 0.05) is 124 Å². The van der Waals surface area contributed by atoms with Gasteiger partial charge in [-0.15, -0.1) is 0 Å². The van der Waals surface area contributed by atoms with Crippen molar-refractivity contribution in [3.63, 3.8) is 0 Å². The summed E-state index contributed by atoms with van der Waals surface area (Å²) >= 11 is 0. The fourth-order valence-corrected chi connectivity index (χ4v) is 22.4. The summed E-state index contributed by atoms with van der Waals surface area (Å²) in [6.07, 6.45) is 1.73. The first-order chi connectivity index (χ1) is 52.2. The molecular formula is C85H75N9O13S. The van der Waals surface area contributed by atoms with Crippen molar-refractivity contribution in [3.8, 4) is 0 Å². The van der Waals surface area contributed by atoms with E-state index in [1.807, 2.05) is 87.5 Å². The van der Waals surface area contributed by atoms with Gasteiger partial charge in [0.05, 0.1) is 103 Å². The standard InChI is InChI=1S/C32H31N3O5S.C27H23N3O4.C26H21N3O4/c1-16-7-9-21-18(11-16)25-26-20(14-33-29(26)36)24-19-12-17(15-41(5)6)8-10-22(19)35-28(24)27(25)34(21)23-13-32(39-4,30(37)38-3)31(35,2)40-23;1-26-27(13-31,33-2)11-19(34-26)29-17-9-5-3-7-14(17)21-22-16(12-28-25(22)32)20-15-8-4-6-10-18(15)30(26)24(20)23(21)29;1-25-26(32,12-30)10-18(33-25)28-16-8-4-2-6-13(16)20-21-15(11-27-24(21)31)19-14-7-3-5-9-17(14)29(25)23(19)22(20)28/h7-12,23H,5,13-15H2,1-4,6H3,(H,33,36);3-10,19,31H,11-13H2,1-2H3,(H,28,32);2-9,18,30,32H,10-12H2,1H3,(H,27,31). The highest BCUT2D eigenvalue weighted by atomic mass is 32.2. The van der Waals surface area contributed by atoms with E-state index in [9.17, 15) is 34.5 Å². The first kappa shape index (κ1) is 64.7. The lowest BCUT2D eigenvalue weighted by molar-refractivity contribution is -0.210. The van der Waals surface area contributed by atoms with Crippen LogP contribution in [-0.4, -0.2) is 130 Å². The number of nitrogens with zero attached hydrogens (tertiary/aromatic N) is 6. The molecule has 9 aliphatic rings. The van der Waals surface area contributed by atoms with E-state index in [1.54, 1.807) is 14.2 Å². The highest BCUT2D eigenvalue weighted by Crippen LogP contribution is 2.63. The second-order valence-corrected chi connectivity index (χ2v) is 33.1. The minimum Gasteiger partial charge on any atom is -0.467 e. The number of benzene rings is 9. The number of amides is 3. The van der Waals surface area contributed by atoms with Gasteiger partial charge in [-0.1, -0.05) is 96.4 Å². The van der Waals surface area contributed by atoms with E-state index in [0.717, 1.165) is 176 Å². The molecule has 15 heterocycles. The molecule has 3 amide bonds. The van der Waals surface area contributed by atoms with Crippen LogP contribution >= 0.6 is 10.5 Å². The summed E-state index contributed by atoms with van der Waals surface area (Å²) in [5.74, 6) is 4.46. The van der Waals surface area contributed by atoms with Crippen LogP contribution in [-0.2, 0) is 75.8 Å². The molecule has 22 nitrogen and oxygen atoms in total. The summed E-state index contributed by atoms with van der Waals surface area (Å²) in [5.41, 5.74) is 11.9. The SMILES string of the molecule is C=S(C)Cc1ccc2c(c1)c1c3c(c4c5cc(C)ccc5n5c4c1n2C1(C)OC5CC1(OC)C(=O)OC)C(=O)NC3.CC12OC(CC1(O)CO)n1c3ccccc3c3c4c(c5c6ccccc6n2c5c31)CNC4=O.COC1(CO)CC2OC1(C)n1c3ccccc3c3c4c(c5c6ccccc6n2c5c31)C(=O)NC4. The molecule has 0 radical (unpaired) electrons. The van der Waals surface area contributed by atoms with Gasteiger partial charge >= 0.3 is 5.97 Å². The summed E-state index contributed by atoms with van der Waals surface area (Å²) in [7, 11) is 4.56. The van der Waals surface area contributed by atoms with Gasteiger partial charge in [-0.25, -0.2) is 4.79 Å². The molecule has 0 saturated carbocycles. The normalized spacial score (nSPS) is 26.8. The van der Waals surface area contributed by atoms with Gasteiger partial charge < -0.3 is 87.1 Å². The van der Waals surface area contributed by atoms with Crippen LogP contribution in [0.4, 0.5) is 0 Å². The minimum atomic E-state index is -1.48. The quantitative estimate of drug-likeness (QED) is 0.0642. The molecule has 0 aliphatic carbocycles. The van der Waals surface area contributed by atoms with E-state index in [-0.39, 0.29) is 53.9 Å². The number of ether oxygens (including phenoxy) is 6. The Hall–Kier alpha value is -10.4. The van der Waals surface area contributed by atoms with Crippen molar-refractivity contribution in [3.05, 3.63) is 178 Å².